The number of nitrogens with zero attached hydrogens (tertiary/aromatic N) is 1. The van der Waals surface area contributed by atoms with Gasteiger partial charge in [-0.2, -0.15) is 0 Å². The molecule has 4 nitrogen and oxygen atoms in total. The summed E-state index contributed by atoms with van der Waals surface area (Å²) in [6.45, 7) is 3.72. The van der Waals surface area contributed by atoms with Crippen LogP contribution >= 0.6 is 22.9 Å². The van der Waals surface area contributed by atoms with Gasteiger partial charge in [-0.15, -0.1) is 11.3 Å². The van der Waals surface area contributed by atoms with Crippen LogP contribution in [0.15, 0.2) is 29.8 Å². The standard InChI is InChI=1S/C13H14ClN3OS/c1-8-3-4-10(7-11(8)14)16-9(2)12(18)17-13-15-5-6-19-13/h3-7,9,16H,1-2H3,(H,15,17,18)/t9-/m1/s1. The Morgan fingerprint density at radius 1 is 1.47 bits per heavy atom. The zero-order chi connectivity index (χ0) is 13.8. The van der Waals surface area contributed by atoms with Crippen LogP contribution < -0.4 is 10.6 Å². The van der Waals surface area contributed by atoms with E-state index in [1.165, 1.54) is 11.3 Å². The number of amides is 1. The van der Waals surface area contributed by atoms with Crippen LogP contribution in [0.2, 0.25) is 5.02 Å². The Balaban J connectivity index is 1.98. The molecule has 1 amide bonds. The molecule has 2 rings (SSSR count). The van der Waals surface area contributed by atoms with Gasteiger partial charge in [-0.05, 0) is 31.5 Å². The van der Waals surface area contributed by atoms with Crippen molar-refractivity contribution in [1.82, 2.24) is 4.98 Å². The van der Waals surface area contributed by atoms with E-state index in [9.17, 15) is 4.79 Å². The van der Waals surface area contributed by atoms with Gasteiger partial charge in [-0.3, -0.25) is 4.79 Å². The summed E-state index contributed by atoms with van der Waals surface area (Å²) in [6.07, 6.45) is 1.65. The molecule has 0 aliphatic rings. The molecule has 19 heavy (non-hydrogen) atoms. The second-order valence-corrected chi connectivity index (χ2v) is 5.46. The lowest BCUT2D eigenvalue weighted by Crippen LogP contribution is -2.31. The van der Waals surface area contributed by atoms with E-state index in [1.54, 1.807) is 13.1 Å². The lowest BCUT2D eigenvalue weighted by atomic mass is 10.2. The fraction of sp³-hybridized carbons (Fsp3) is 0.231. The number of nitrogens with one attached hydrogen (secondary N) is 2. The maximum absolute atomic E-state index is 11.9. The van der Waals surface area contributed by atoms with E-state index in [0.29, 0.717) is 10.2 Å². The Morgan fingerprint density at radius 3 is 2.89 bits per heavy atom. The number of carbonyl (C=O) groups excluding carboxylic acids is 1. The van der Waals surface area contributed by atoms with Crippen molar-refractivity contribution in [3.63, 3.8) is 0 Å². The fourth-order valence-electron chi connectivity index (χ4n) is 1.50. The molecule has 0 bridgehead atoms. The fourth-order valence-corrected chi connectivity index (χ4v) is 2.21. The second-order valence-electron chi connectivity index (χ2n) is 4.16. The molecule has 2 N–H and O–H groups in total. The van der Waals surface area contributed by atoms with Gasteiger partial charge in [0.15, 0.2) is 5.13 Å². The summed E-state index contributed by atoms with van der Waals surface area (Å²) in [7, 11) is 0. The van der Waals surface area contributed by atoms with E-state index in [1.807, 2.05) is 30.5 Å². The molecule has 1 aromatic carbocycles. The molecule has 100 valence electrons. The van der Waals surface area contributed by atoms with Gasteiger partial charge in [-0.25, -0.2) is 4.98 Å². The molecule has 2 aromatic rings. The van der Waals surface area contributed by atoms with E-state index >= 15 is 0 Å². The van der Waals surface area contributed by atoms with Gasteiger partial charge in [-0.1, -0.05) is 17.7 Å². The minimum absolute atomic E-state index is 0.133. The number of anilines is 2. The highest BCUT2D eigenvalue weighted by Gasteiger charge is 2.14. The quantitative estimate of drug-likeness (QED) is 0.907. The molecule has 1 atom stereocenters. The molecule has 0 radical (unpaired) electrons. The Kier molecular flexibility index (Phi) is 4.39. The van der Waals surface area contributed by atoms with Gasteiger partial charge in [0.2, 0.25) is 5.91 Å². The average molecular weight is 296 g/mol. The molecule has 0 fully saturated rings. The first-order chi connectivity index (χ1) is 9.06. The third-order valence-electron chi connectivity index (χ3n) is 2.61. The minimum atomic E-state index is -0.373. The molecule has 6 heteroatoms. The second kappa shape index (κ2) is 6.04. The van der Waals surface area contributed by atoms with Crippen molar-refractivity contribution < 1.29 is 4.79 Å². The lowest BCUT2D eigenvalue weighted by Gasteiger charge is -2.14. The highest BCUT2D eigenvalue weighted by atomic mass is 35.5. The largest absolute Gasteiger partial charge is 0.374 e. The molecule has 1 aromatic heterocycles. The average Bonchev–Trinajstić information content (AvgIpc) is 2.86. The van der Waals surface area contributed by atoms with Crippen molar-refractivity contribution in [2.75, 3.05) is 10.6 Å². The first-order valence-electron chi connectivity index (χ1n) is 5.79. The molecule has 0 unspecified atom stereocenters. The van der Waals surface area contributed by atoms with Crippen LogP contribution in [0, 0.1) is 6.92 Å². The van der Waals surface area contributed by atoms with Gasteiger partial charge < -0.3 is 10.6 Å². The number of hydrogen-bond acceptors (Lipinski definition) is 4. The Morgan fingerprint density at radius 2 is 2.26 bits per heavy atom. The minimum Gasteiger partial charge on any atom is -0.374 e. The van der Waals surface area contributed by atoms with Crippen molar-refractivity contribution in [1.29, 1.82) is 0 Å². The number of aryl methyl sites for hydroxylation is 1. The zero-order valence-corrected chi connectivity index (χ0v) is 12.2. The van der Waals surface area contributed by atoms with E-state index < -0.39 is 0 Å². The summed E-state index contributed by atoms with van der Waals surface area (Å²) in [6, 6.07) is 5.25. The predicted molar refractivity (Wildman–Crippen MR) is 80.0 cm³/mol. The van der Waals surface area contributed by atoms with Crippen LogP contribution in [0.4, 0.5) is 10.8 Å². The first-order valence-corrected chi connectivity index (χ1v) is 7.05. The molecule has 0 saturated carbocycles. The first kappa shape index (κ1) is 13.8. The van der Waals surface area contributed by atoms with Gasteiger partial charge in [0.25, 0.3) is 0 Å². The van der Waals surface area contributed by atoms with Gasteiger partial charge in [0.05, 0.1) is 0 Å². The number of hydrogen-bond donors (Lipinski definition) is 2. The number of carbonyl (C=O) groups is 1. The van der Waals surface area contributed by atoms with Crippen LogP contribution in [-0.4, -0.2) is 16.9 Å². The molecular weight excluding hydrogens is 282 g/mol. The van der Waals surface area contributed by atoms with Crippen molar-refractivity contribution >= 4 is 39.7 Å². The predicted octanol–water partition coefficient (Wildman–Crippen LogP) is 3.54. The normalized spacial score (nSPS) is 11.9. The summed E-state index contributed by atoms with van der Waals surface area (Å²) in [5.41, 5.74) is 1.82. The van der Waals surface area contributed by atoms with E-state index in [-0.39, 0.29) is 11.9 Å². The lowest BCUT2D eigenvalue weighted by molar-refractivity contribution is -0.116. The molecule has 0 spiro atoms. The molecular formula is C13H14ClN3OS. The van der Waals surface area contributed by atoms with Crippen LogP contribution in [0.1, 0.15) is 12.5 Å². The summed E-state index contributed by atoms with van der Waals surface area (Å²) in [5.74, 6) is -0.133. The van der Waals surface area contributed by atoms with Crippen molar-refractivity contribution in [3.05, 3.63) is 40.4 Å². The number of thiazole rings is 1. The Bertz CT molecular complexity index is 571. The van der Waals surface area contributed by atoms with Crippen molar-refractivity contribution in [3.8, 4) is 0 Å². The Labute approximate surface area is 120 Å². The number of rotatable bonds is 4. The van der Waals surface area contributed by atoms with E-state index in [4.69, 9.17) is 11.6 Å². The number of aromatic nitrogens is 1. The van der Waals surface area contributed by atoms with E-state index in [0.717, 1.165) is 11.3 Å². The Hall–Kier alpha value is -1.59. The monoisotopic (exact) mass is 295 g/mol. The van der Waals surface area contributed by atoms with Crippen molar-refractivity contribution in [2.24, 2.45) is 0 Å². The third kappa shape index (κ3) is 3.68. The SMILES string of the molecule is Cc1ccc(N[C@H](C)C(=O)Nc2nccs2)cc1Cl. The van der Waals surface area contributed by atoms with Gasteiger partial charge in [0.1, 0.15) is 6.04 Å². The summed E-state index contributed by atoms with van der Waals surface area (Å²) < 4.78 is 0. The molecule has 0 aliphatic carbocycles. The van der Waals surface area contributed by atoms with Crippen LogP contribution in [-0.2, 0) is 4.79 Å². The van der Waals surface area contributed by atoms with Crippen LogP contribution in [0.25, 0.3) is 0 Å². The molecule has 0 aliphatic heterocycles. The number of benzene rings is 1. The third-order valence-corrected chi connectivity index (χ3v) is 3.71. The zero-order valence-electron chi connectivity index (χ0n) is 10.6. The molecule has 1 heterocycles. The number of halogens is 1. The maximum Gasteiger partial charge on any atom is 0.248 e. The van der Waals surface area contributed by atoms with E-state index in [2.05, 4.69) is 15.6 Å². The summed E-state index contributed by atoms with van der Waals surface area (Å²) in [5, 5.41) is 8.93. The highest BCUT2D eigenvalue weighted by Crippen LogP contribution is 2.20. The summed E-state index contributed by atoms with van der Waals surface area (Å²) >= 11 is 7.43. The smallest absolute Gasteiger partial charge is 0.248 e. The van der Waals surface area contributed by atoms with Crippen LogP contribution in [0.3, 0.4) is 0 Å². The maximum atomic E-state index is 11.9. The topological polar surface area (TPSA) is 54.0 Å². The summed E-state index contributed by atoms with van der Waals surface area (Å²) in [4.78, 5) is 15.9. The van der Waals surface area contributed by atoms with Gasteiger partial charge >= 0.3 is 0 Å². The van der Waals surface area contributed by atoms with Crippen LogP contribution in [0.5, 0.6) is 0 Å². The highest BCUT2D eigenvalue weighted by molar-refractivity contribution is 7.13. The molecule has 0 saturated heterocycles. The van der Waals surface area contributed by atoms with Gasteiger partial charge in [0, 0.05) is 22.3 Å². The van der Waals surface area contributed by atoms with Crippen molar-refractivity contribution in [2.45, 2.75) is 19.9 Å².